The normalized spacial score (nSPS) is 18.0. The number of aldehydes is 1. The minimum atomic E-state index is 0.218. The van der Waals surface area contributed by atoms with Crippen molar-refractivity contribution in [1.29, 1.82) is 0 Å². The summed E-state index contributed by atoms with van der Waals surface area (Å²) in [6.45, 7) is 4.80. The van der Waals surface area contributed by atoms with E-state index < -0.39 is 0 Å². The van der Waals surface area contributed by atoms with Crippen molar-refractivity contribution in [2.75, 3.05) is 19.7 Å². The summed E-state index contributed by atoms with van der Waals surface area (Å²) in [5.41, 5.74) is 5.80. The summed E-state index contributed by atoms with van der Waals surface area (Å²) < 4.78 is 14.1. The maximum atomic E-state index is 11.4. The number of imidazole rings is 1. The first-order valence-corrected chi connectivity index (χ1v) is 14.4. The van der Waals surface area contributed by atoms with E-state index >= 15 is 0 Å². The monoisotopic (exact) mass is 547 g/mol. The Balaban J connectivity index is 0.994. The van der Waals surface area contributed by atoms with E-state index in [0.29, 0.717) is 24.0 Å². The standard InChI is InChI=1S/C33H33N5O3/c39-21-23-6-9-30-31(18-23)38(19-27-12-16-40-27)32(35-30)20-37-14-10-25(11-15-37)29-4-1-5-33(36-29)41-22-24-7-8-28-26(17-24)3-2-13-34-28/h1-9,13,17-18,21,25,27H,10-12,14-16,19-20,22H2. The first kappa shape index (κ1) is 25.8. The van der Waals surface area contributed by atoms with E-state index in [4.69, 9.17) is 19.4 Å². The largest absolute Gasteiger partial charge is 0.473 e. The number of likely N-dealkylation sites (tertiary alicyclic amines) is 1. The summed E-state index contributed by atoms with van der Waals surface area (Å²) in [4.78, 5) is 28.1. The zero-order chi connectivity index (χ0) is 27.6. The van der Waals surface area contributed by atoms with Crippen LogP contribution in [0.3, 0.4) is 0 Å². The first-order chi connectivity index (χ1) is 20.2. The average Bonchev–Trinajstić information content (AvgIpc) is 3.34. The fraction of sp³-hybridized carbons (Fsp3) is 0.333. The zero-order valence-electron chi connectivity index (χ0n) is 23.0. The highest BCUT2D eigenvalue weighted by Gasteiger charge is 2.26. The molecule has 208 valence electrons. The summed E-state index contributed by atoms with van der Waals surface area (Å²) in [7, 11) is 0. The number of fused-ring (bicyclic) bond motifs is 2. The van der Waals surface area contributed by atoms with Crippen molar-refractivity contribution >= 4 is 28.2 Å². The van der Waals surface area contributed by atoms with Crippen molar-refractivity contribution in [2.45, 2.75) is 51.0 Å². The third-order valence-electron chi connectivity index (χ3n) is 8.34. The van der Waals surface area contributed by atoms with Gasteiger partial charge in [0.15, 0.2) is 0 Å². The molecule has 0 amide bonds. The number of hydrogen-bond acceptors (Lipinski definition) is 7. The van der Waals surface area contributed by atoms with Gasteiger partial charge in [-0.1, -0.05) is 18.2 Å². The highest BCUT2D eigenvalue weighted by molar-refractivity contribution is 5.85. The van der Waals surface area contributed by atoms with Gasteiger partial charge in [0.1, 0.15) is 18.7 Å². The maximum Gasteiger partial charge on any atom is 0.213 e. The number of ether oxygens (including phenoxy) is 2. The molecule has 2 saturated heterocycles. The molecule has 0 radical (unpaired) electrons. The molecule has 1 atom stereocenters. The van der Waals surface area contributed by atoms with Crippen LogP contribution in [-0.2, 0) is 24.4 Å². The van der Waals surface area contributed by atoms with E-state index in [2.05, 4.69) is 38.7 Å². The number of benzene rings is 2. The van der Waals surface area contributed by atoms with Crippen molar-refractivity contribution < 1.29 is 14.3 Å². The Morgan fingerprint density at radius 3 is 2.66 bits per heavy atom. The van der Waals surface area contributed by atoms with Crippen LogP contribution in [0.5, 0.6) is 5.88 Å². The Hall–Kier alpha value is -4.14. The number of carbonyl (C=O) groups is 1. The first-order valence-electron chi connectivity index (χ1n) is 14.4. The van der Waals surface area contributed by atoms with Crippen LogP contribution < -0.4 is 4.74 Å². The number of piperidine rings is 1. The van der Waals surface area contributed by atoms with E-state index in [-0.39, 0.29) is 6.10 Å². The van der Waals surface area contributed by atoms with Crippen LogP contribution in [0.4, 0.5) is 0 Å². The highest BCUT2D eigenvalue weighted by atomic mass is 16.5. The molecule has 5 heterocycles. The molecule has 7 rings (SSSR count). The van der Waals surface area contributed by atoms with Gasteiger partial charge in [-0.25, -0.2) is 9.97 Å². The van der Waals surface area contributed by atoms with Gasteiger partial charge in [0.2, 0.25) is 5.88 Å². The molecule has 3 aromatic heterocycles. The van der Waals surface area contributed by atoms with E-state index in [0.717, 1.165) is 97.4 Å². The molecule has 0 aliphatic carbocycles. The molecule has 8 nitrogen and oxygen atoms in total. The zero-order valence-corrected chi connectivity index (χ0v) is 23.0. The molecule has 41 heavy (non-hydrogen) atoms. The second-order valence-corrected chi connectivity index (χ2v) is 11.1. The van der Waals surface area contributed by atoms with Crippen molar-refractivity contribution in [3.05, 3.63) is 95.6 Å². The van der Waals surface area contributed by atoms with E-state index in [1.807, 2.05) is 48.7 Å². The van der Waals surface area contributed by atoms with Crippen LogP contribution in [0.1, 0.15) is 52.6 Å². The van der Waals surface area contributed by atoms with Gasteiger partial charge < -0.3 is 14.0 Å². The number of aromatic nitrogens is 4. The summed E-state index contributed by atoms with van der Waals surface area (Å²) in [5, 5.41) is 1.11. The Morgan fingerprint density at radius 2 is 1.83 bits per heavy atom. The lowest BCUT2D eigenvalue weighted by Gasteiger charge is -2.32. The Bertz CT molecular complexity index is 1690. The second-order valence-electron chi connectivity index (χ2n) is 11.1. The molecule has 0 bridgehead atoms. The number of hydrogen-bond donors (Lipinski definition) is 0. The van der Waals surface area contributed by atoms with Crippen molar-refractivity contribution in [2.24, 2.45) is 0 Å². The number of rotatable bonds is 9. The molecule has 2 aliphatic rings. The molecule has 1 unspecified atom stereocenters. The lowest BCUT2D eigenvalue weighted by atomic mass is 9.93. The second kappa shape index (κ2) is 11.4. The highest BCUT2D eigenvalue weighted by Crippen LogP contribution is 2.30. The summed E-state index contributed by atoms with van der Waals surface area (Å²) in [6, 6.07) is 22.1. The lowest BCUT2D eigenvalue weighted by molar-refractivity contribution is -0.0592. The molecular weight excluding hydrogens is 514 g/mol. The molecule has 2 fully saturated rings. The molecule has 0 saturated carbocycles. The smallest absolute Gasteiger partial charge is 0.213 e. The Kier molecular flexibility index (Phi) is 7.17. The Morgan fingerprint density at radius 1 is 0.951 bits per heavy atom. The molecular formula is C33H33N5O3. The quantitative estimate of drug-likeness (QED) is 0.224. The third kappa shape index (κ3) is 5.58. The minimum Gasteiger partial charge on any atom is -0.473 e. The van der Waals surface area contributed by atoms with Crippen molar-refractivity contribution in [3.8, 4) is 5.88 Å². The van der Waals surface area contributed by atoms with Crippen LogP contribution in [0.25, 0.3) is 21.9 Å². The van der Waals surface area contributed by atoms with Gasteiger partial charge in [-0.05, 0) is 80.4 Å². The maximum absolute atomic E-state index is 11.4. The number of nitrogens with zero attached hydrogens (tertiary/aromatic N) is 5. The molecule has 2 aliphatic heterocycles. The topological polar surface area (TPSA) is 82.4 Å². The van der Waals surface area contributed by atoms with Crippen molar-refractivity contribution in [3.63, 3.8) is 0 Å². The van der Waals surface area contributed by atoms with Gasteiger partial charge in [0.25, 0.3) is 0 Å². The molecule has 2 aromatic carbocycles. The predicted molar refractivity (Wildman–Crippen MR) is 157 cm³/mol. The molecule has 0 spiro atoms. The van der Waals surface area contributed by atoms with Crippen molar-refractivity contribution in [1.82, 2.24) is 24.4 Å². The van der Waals surface area contributed by atoms with E-state index in [1.165, 1.54) is 0 Å². The van der Waals surface area contributed by atoms with Gasteiger partial charge >= 0.3 is 0 Å². The predicted octanol–water partition coefficient (Wildman–Crippen LogP) is 5.54. The third-order valence-corrected chi connectivity index (χ3v) is 8.34. The lowest BCUT2D eigenvalue weighted by Crippen LogP contribution is -2.35. The summed E-state index contributed by atoms with van der Waals surface area (Å²) >= 11 is 0. The summed E-state index contributed by atoms with van der Waals surface area (Å²) in [6.07, 6.45) is 6.07. The summed E-state index contributed by atoms with van der Waals surface area (Å²) in [5.74, 6) is 2.10. The van der Waals surface area contributed by atoms with Gasteiger partial charge in [0.05, 0.1) is 35.7 Å². The SMILES string of the molecule is O=Cc1ccc2nc(CN3CCC(c4cccc(OCc5ccc6ncccc6c5)n4)CC3)n(CC3CCO3)c2c1. The molecule has 0 N–H and O–H groups in total. The Labute approximate surface area is 239 Å². The van der Waals surface area contributed by atoms with E-state index in [1.54, 1.807) is 0 Å². The minimum absolute atomic E-state index is 0.218. The number of pyridine rings is 2. The van der Waals surface area contributed by atoms with Crippen LogP contribution >= 0.6 is 0 Å². The van der Waals surface area contributed by atoms with Gasteiger partial charge in [-0.15, -0.1) is 0 Å². The van der Waals surface area contributed by atoms with E-state index in [9.17, 15) is 4.79 Å². The van der Waals surface area contributed by atoms with Crippen LogP contribution in [-0.4, -0.2) is 56.5 Å². The fourth-order valence-electron chi connectivity index (χ4n) is 5.92. The van der Waals surface area contributed by atoms with Crippen LogP contribution in [0.15, 0.2) is 72.9 Å². The van der Waals surface area contributed by atoms with Gasteiger partial charge in [0, 0.05) is 41.4 Å². The molecule has 8 heteroatoms. The number of carbonyl (C=O) groups excluding carboxylic acids is 1. The van der Waals surface area contributed by atoms with Crippen LogP contribution in [0, 0.1) is 0 Å². The fourth-order valence-corrected chi connectivity index (χ4v) is 5.92. The molecule has 5 aromatic rings. The van der Waals surface area contributed by atoms with Crippen LogP contribution in [0.2, 0.25) is 0 Å². The van der Waals surface area contributed by atoms with Gasteiger partial charge in [-0.2, -0.15) is 0 Å². The van der Waals surface area contributed by atoms with Gasteiger partial charge in [-0.3, -0.25) is 14.7 Å². The average molecular weight is 548 g/mol.